The van der Waals surface area contributed by atoms with Crippen LogP contribution in [0.15, 0.2) is 90.1 Å². The van der Waals surface area contributed by atoms with Gasteiger partial charge < -0.3 is 14.5 Å². The third-order valence-electron chi connectivity index (χ3n) is 8.31. The molecule has 1 unspecified atom stereocenters. The standard InChI is InChI=1S/C36H37Cl2N3O4/c1-3-45-36(44)34-25(2)41(33(42)23-30(34)28-14-15-31(37)32(38)22-28)24-27-11-7-13-29(21-27)35(43)40-19-17-39(18-20-40)16-8-12-26-9-5-4-6-10-26/h4-15,21-22,30H,3,16-20,23-24H2,1-2H3. The van der Waals surface area contributed by atoms with E-state index in [0.717, 1.165) is 30.8 Å². The minimum absolute atomic E-state index is 0.0274. The minimum atomic E-state index is -0.511. The van der Waals surface area contributed by atoms with Crippen LogP contribution in [0.3, 0.4) is 0 Å². The fraction of sp³-hybridized carbons (Fsp3) is 0.306. The maximum absolute atomic E-state index is 13.5. The van der Waals surface area contributed by atoms with Gasteiger partial charge in [0.25, 0.3) is 5.91 Å². The van der Waals surface area contributed by atoms with Crippen LogP contribution in [-0.2, 0) is 20.9 Å². The Labute approximate surface area is 274 Å². The van der Waals surface area contributed by atoms with Crippen LogP contribution in [0.5, 0.6) is 0 Å². The fourth-order valence-electron chi connectivity index (χ4n) is 5.89. The number of hydrogen-bond acceptors (Lipinski definition) is 5. The van der Waals surface area contributed by atoms with E-state index in [1.54, 1.807) is 36.9 Å². The van der Waals surface area contributed by atoms with Gasteiger partial charge in [0.2, 0.25) is 5.91 Å². The number of halogens is 2. The lowest BCUT2D eigenvalue weighted by Crippen LogP contribution is -2.48. The Morgan fingerprint density at radius 2 is 1.69 bits per heavy atom. The van der Waals surface area contributed by atoms with Gasteiger partial charge in [-0.15, -0.1) is 0 Å². The first-order valence-corrected chi connectivity index (χ1v) is 16.0. The van der Waals surface area contributed by atoms with Crippen molar-refractivity contribution < 1.29 is 19.1 Å². The summed E-state index contributed by atoms with van der Waals surface area (Å²) in [6.45, 7) is 7.67. The van der Waals surface area contributed by atoms with Crippen molar-refractivity contribution in [2.24, 2.45) is 0 Å². The van der Waals surface area contributed by atoms with Crippen molar-refractivity contribution >= 4 is 47.1 Å². The number of hydrogen-bond donors (Lipinski definition) is 0. The molecule has 45 heavy (non-hydrogen) atoms. The van der Waals surface area contributed by atoms with E-state index in [9.17, 15) is 14.4 Å². The van der Waals surface area contributed by atoms with Gasteiger partial charge in [-0.05, 0) is 54.8 Å². The maximum atomic E-state index is 13.5. The van der Waals surface area contributed by atoms with E-state index in [-0.39, 0.29) is 31.4 Å². The molecule has 9 heteroatoms. The Balaban J connectivity index is 1.27. The van der Waals surface area contributed by atoms with Crippen LogP contribution in [0.4, 0.5) is 0 Å². The highest BCUT2D eigenvalue weighted by atomic mass is 35.5. The smallest absolute Gasteiger partial charge is 0.336 e. The van der Waals surface area contributed by atoms with Crippen LogP contribution in [0.2, 0.25) is 10.0 Å². The second-order valence-electron chi connectivity index (χ2n) is 11.2. The highest BCUT2D eigenvalue weighted by Gasteiger charge is 2.37. The van der Waals surface area contributed by atoms with E-state index in [0.29, 0.717) is 40.0 Å². The van der Waals surface area contributed by atoms with Crippen molar-refractivity contribution in [2.75, 3.05) is 39.3 Å². The molecule has 0 bridgehead atoms. The van der Waals surface area contributed by atoms with Crippen LogP contribution in [-0.4, -0.2) is 71.8 Å². The zero-order chi connectivity index (χ0) is 31.9. The molecule has 234 valence electrons. The molecule has 0 aliphatic carbocycles. The average Bonchev–Trinajstić information content (AvgIpc) is 3.05. The monoisotopic (exact) mass is 645 g/mol. The van der Waals surface area contributed by atoms with Crippen LogP contribution in [0.1, 0.15) is 53.2 Å². The highest BCUT2D eigenvalue weighted by Crippen LogP contribution is 2.39. The fourth-order valence-corrected chi connectivity index (χ4v) is 6.20. The number of piperazine rings is 1. The Morgan fingerprint density at radius 1 is 0.933 bits per heavy atom. The Bertz CT molecular complexity index is 1610. The summed E-state index contributed by atoms with van der Waals surface area (Å²) >= 11 is 12.4. The number of amides is 2. The summed E-state index contributed by atoms with van der Waals surface area (Å²) in [6.07, 6.45) is 4.36. The number of esters is 1. The molecular formula is C36H37Cl2N3O4. The quantitative estimate of drug-likeness (QED) is 0.239. The molecule has 1 fully saturated rings. The molecule has 0 N–H and O–H groups in total. The predicted molar refractivity (Wildman–Crippen MR) is 178 cm³/mol. The molecule has 2 aliphatic rings. The Hall–Kier alpha value is -3.91. The lowest BCUT2D eigenvalue weighted by molar-refractivity contribution is -0.140. The van der Waals surface area contributed by atoms with Crippen molar-refractivity contribution in [1.29, 1.82) is 0 Å². The minimum Gasteiger partial charge on any atom is -0.463 e. The molecule has 1 atom stereocenters. The van der Waals surface area contributed by atoms with Gasteiger partial charge >= 0.3 is 5.97 Å². The molecule has 5 rings (SSSR count). The lowest BCUT2D eigenvalue weighted by atomic mass is 9.83. The number of rotatable bonds is 9. The van der Waals surface area contributed by atoms with Crippen LogP contribution in [0.25, 0.3) is 6.08 Å². The summed E-state index contributed by atoms with van der Waals surface area (Å²) < 4.78 is 5.41. The number of ether oxygens (including phenoxy) is 1. The van der Waals surface area contributed by atoms with E-state index in [1.165, 1.54) is 5.56 Å². The number of nitrogens with zero attached hydrogens (tertiary/aromatic N) is 3. The summed E-state index contributed by atoms with van der Waals surface area (Å²) in [5, 5.41) is 0.752. The highest BCUT2D eigenvalue weighted by molar-refractivity contribution is 6.42. The van der Waals surface area contributed by atoms with Crippen LogP contribution < -0.4 is 0 Å². The van der Waals surface area contributed by atoms with E-state index in [1.807, 2.05) is 47.4 Å². The van der Waals surface area contributed by atoms with Gasteiger partial charge in [0.05, 0.1) is 28.8 Å². The van der Waals surface area contributed by atoms with Gasteiger partial charge in [-0.25, -0.2) is 4.79 Å². The van der Waals surface area contributed by atoms with Crippen molar-refractivity contribution in [1.82, 2.24) is 14.7 Å². The third kappa shape index (κ3) is 7.85. The Morgan fingerprint density at radius 3 is 2.40 bits per heavy atom. The predicted octanol–water partition coefficient (Wildman–Crippen LogP) is 6.82. The van der Waals surface area contributed by atoms with Gasteiger partial charge in [-0.1, -0.05) is 83.9 Å². The first-order chi connectivity index (χ1) is 21.7. The molecule has 0 radical (unpaired) electrons. The van der Waals surface area contributed by atoms with Crippen molar-refractivity contribution in [3.63, 3.8) is 0 Å². The largest absolute Gasteiger partial charge is 0.463 e. The molecule has 2 heterocycles. The summed E-state index contributed by atoms with van der Waals surface area (Å²) in [5.41, 5.74) is 4.21. The van der Waals surface area contributed by atoms with Crippen molar-refractivity contribution in [3.05, 3.63) is 122 Å². The first-order valence-electron chi connectivity index (χ1n) is 15.2. The maximum Gasteiger partial charge on any atom is 0.336 e. The molecule has 3 aromatic carbocycles. The summed E-state index contributed by atoms with van der Waals surface area (Å²) in [4.78, 5) is 46.0. The lowest BCUT2D eigenvalue weighted by Gasteiger charge is -2.35. The molecule has 0 aromatic heterocycles. The molecule has 2 aliphatic heterocycles. The van der Waals surface area contributed by atoms with E-state index in [2.05, 4.69) is 29.2 Å². The zero-order valence-corrected chi connectivity index (χ0v) is 27.1. The average molecular weight is 647 g/mol. The summed E-state index contributed by atoms with van der Waals surface area (Å²) in [6, 6.07) is 22.7. The second-order valence-corrected chi connectivity index (χ2v) is 12.1. The van der Waals surface area contributed by atoms with Crippen LogP contribution >= 0.6 is 23.2 Å². The van der Waals surface area contributed by atoms with E-state index in [4.69, 9.17) is 27.9 Å². The summed E-state index contributed by atoms with van der Waals surface area (Å²) in [5.74, 6) is -1.14. The molecule has 1 saturated heterocycles. The van der Waals surface area contributed by atoms with Crippen LogP contribution in [0, 0.1) is 0 Å². The first kappa shape index (κ1) is 32.5. The van der Waals surface area contributed by atoms with Gasteiger partial charge in [0.1, 0.15) is 0 Å². The second kappa shape index (κ2) is 14.9. The molecule has 7 nitrogen and oxygen atoms in total. The molecule has 3 aromatic rings. The van der Waals surface area contributed by atoms with Gasteiger partial charge in [0, 0.05) is 56.3 Å². The number of carbonyl (C=O) groups excluding carboxylic acids is 3. The van der Waals surface area contributed by atoms with Crippen molar-refractivity contribution in [3.8, 4) is 0 Å². The zero-order valence-electron chi connectivity index (χ0n) is 25.5. The van der Waals surface area contributed by atoms with E-state index >= 15 is 0 Å². The molecule has 0 saturated carbocycles. The third-order valence-corrected chi connectivity index (χ3v) is 9.05. The van der Waals surface area contributed by atoms with Gasteiger partial charge in [-0.2, -0.15) is 0 Å². The molecule has 2 amide bonds. The Kier molecular flexibility index (Phi) is 10.8. The van der Waals surface area contributed by atoms with Crippen molar-refractivity contribution in [2.45, 2.75) is 32.7 Å². The molecule has 0 spiro atoms. The SMILES string of the molecule is CCOC(=O)C1=C(C)N(Cc2cccc(C(=O)N3CCN(CC=Cc4ccccc4)CC3)c2)C(=O)CC1c1ccc(Cl)c(Cl)c1. The normalized spacial score (nSPS) is 17.7. The van der Waals surface area contributed by atoms with Gasteiger partial charge in [0.15, 0.2) is 0 Å². The number of benzene rings is 3. The topological polar surface area (TPSA) is 70.2 Å². The van der Waals surface area contributed by atoms with Gasteiger partial charge in [-0.3, -0.25) is 14.5 Å². The van der Waals surface area contributed by atoms with E-state index < -0.39 is 11.9 Å². The summed E-state index contributed by atoms with van der Waals surface area (Å²) in [7, 11) is 0. The number of allylic oxidation sites excluding steroid dienone is 1. The number of carbonyl (C=O) groups is 3. The molecular weight excluding hydrogens is 609 g/mol.